The van der Waals surface area contributed by atoms with Gasteiger partial charge < -0.3 is 8.98 Å². The second-order valence-corrected chi connectivity index (χ2v) is 13.4. The number of hydrogen-bond donors (Lipinski definition) is 0. The van der Waals surface area contributed by atoms with Crippen LogP contribution in [0.3, 0.4) is 0 Å². The van der Waals surface area contributed by atoms with Crippen molar-refractivity contribution in [2.45, 2.75) is 0 Å². The number of aromatic nitrogens is 3. The van der Waals surface area contributed by atoms with Crippen LogP contribution in [0.1, 0.15) is 0 Å². The molecule has 0 unspecified atom stereocenters. The average molecular weight is 692 g/mol. The molecule has 0 atom stereocenters. The van der Waals surface area contributed by atoms with Crippen LogP contribution in [0.15, 0.2) is 205 Å². The first kappa shape index (κ1) is 31.4. The second kappa shape index (κ2) is 13.4. The maximum Gasteiger partial charge on any atom is 0.248 e. The summed E-state index contributed by atoms with van der Waals surface area (Å²) >= 11 is 0. The summed E-state index contributed by atoms with van der Waals surface area (Å²) in [5, 5.41) is 11.1. The Morgan fingerprint density at radius 1 is 0.315 bits per heavy atom. The Labute approximate surface area is 313 Å². The number of hydrogen-bond acceptors (Lipinski definition) is 3. The minimum Gasteiger partial charge on any atom is -0.416 e. The first-order valence-electron chi connectivity index (χ1n) is 18.2. The lowest BCUT2D eigenvalue weighted by Gasteiger charge is -2.12. The highest BCUT2D eigenvalue weighted by atomic mass is 16.4. The number of rotatable bonds is 7. The van der Waals surface area contributed by atoms with Gasteiger partial charge in [0.05, 0.1) is 11.0 Å². The highest BCUT2D eigenvalue weighted by Gasteiger charge is 2.18. The van der Waals surface area contributed by atoms with Crippen LogP contribution in [0.2, 0.25) is 0 Å². The van der Waals surface area contributed by atoms with Crippen molar-refractivity contribution in [1.29, 1.82) is 0 Å². The third kappa shape index (κ3) is 5.58. The lowest BCUT2D eigenvalue weighted by atomic mass is 9.92. The minimum atomic E-state index is 0.492. The quantitative estimate of drug-likeness (QED) is 0.167. The molecule has 10 aromatic rings. The zero-order valence-electron chi connectivity index (χ0n) is 29.3. The Hall–Kier alpha value is -7.30. The van der Waals surface area contributed by atoms with Gasteiger partial charge in [-0.15, -0.1) is 10.2 Å². The van der Waals surface area contributed by atoms with Crippen LogP contribution in [0.5, 0.6) is 0 Å². The second-order valence-electron chi connectivity index (χ2n) is 13.4. The zero-order valence-corrected chi connectivity index (χ0v) is 29.3. The predicted molar refractivity (Wildman–Crippen MR) is 221 cm³/mol. The summed E-state index contributed by atoms with van der Waals surface area (Å²) in [6.07, 6.45) is 0. The molecule has 0 amide bonds. The molecule has 0 bridgehead atoms. The summed E-state index contributed by atoms with van der Waals surface area (Å²) in [5.41, 5.74) is 14.7. The summed E-state index contributed by atoms with van der Waals surface area (Å²) in [4.78, 5) is 0. The normalized spacial score (nSPS) is 11.3. The van der Waals surface area contributed by atoms with Crippen LogP contribution in [-0.2, 0) is 0 Å². The van der Waals surface area contributed by atoms with Gasteiger partial charge in [-0.05, 0) is 105 Å². The molecule has 0 saturated heterocycles. The van der Waals surface area contributed by atoms with E-state index >= 15 is 0 Å². The van der Waals surface area contributed by atoms with Gasteiger partial charge in [0.25, 0.3) is 0 Å². The molecule has 10 rings (SSSR count). The summed E-state index contributed by atoms with van der Waals surface area (Å²) in [6.45, 7) is 0. The lowest BCUT2D eigenvalue weighted by molar-refractivity contribution is 0.584. The Kier molecular flexibility index (Phi) is 7.77. The van der Waals surface area contributed by atoms with Crippen molar-refractivity contribution in [3.8, 4) is 73.1 Å². The molecule has 4 nitrogen and oxygen atoms in total. The van der Waals surface area contributed by atoms with E-state index in [0.717, 1.165) is 27.8 Å². The lowest BCUT2D eigenvalue weighted by Crippen LogP contribution is -1.94. The van der Waals surface area contributed by atoms with Gasteiger partial charge in [0.15, 0.2) is 0 Å². The Balaban J connectivity index is 1.14. The van der Waals surface area contributed by atoms with Crippen LogP contribution in [0.4, 0.5) is 0 Å². The van der Waals surface area contributed by atoms with E-state index < -0.39 is 0 Å². The third-order valence-electron chi connectivity index (χ3n) is 10.2. The zero-order chi connectivity index (χ0) is 35.8. The molecule has 0 aliphatic rings. The fourth-order valence-electron chi connectivity index (χ4n) is 7.64. The van der Waals surface area contributed by atoms with Gasteiger partial charge in [-0.1, -0.05) is 140 Å². The van der Waals surface area contributed by atoms with Crippen LogP contribution in [0, 0.1) is 0 Å². The fraction of sp³-hybridized carbons (Fsp3) is 0. The van der Waals surface area contributed by atoms with Crippen molar-refractivity contribution in [2.75, 3.05) is 0 Å². The van der Waals surface area contributed by atoms with Gasteiger partial charge in [0.2, 0.25) is 11.8 Å². The summed E-state index contributed by atoms with van der Waals surface area (Å²) in [6, 6.07) is 70.6. The molecular formula is C50H33N3O. The molecular weight excluding hydrogens is 659 g/mol. The molecule has 4 heteroatoms. The van der Waals surface area contributed by atoms with Gasteiger partial charge in [-0.25, -0.2) is 0 Å². The average Bonchev–Trinajstić information content (AvgIpc) is 3.88. The van der Waals surface area contributed by atoms with E-state index in [1.54, 1.807) is 0 Å². The third-order valence-corrected chi connectivity index (χ3v) is 10.2. The molecule has 2 heterocycles. The smallest absolute Gasteiger partial charge is 0.248 e. The fourth-order valence-corrected chi connectivity index (χ4v) is 7.64. The summed E-state index contributed by atoms with van der Waals surface area (Å²) in [7, 11) is 0. The van der Waals surface area contributed by atoms with Gasteiger partial charge in [0, 0.05) is 27.6 Å². The Bertz CT molecular complexity index is 2770. The van der Waals surface area contributed by atoms with Gasteiger partial charge in [-0.3, -0.25) is 0 Å². The predicted octanol–water partition coefficient (Wildman–Crippen LogP) is 13.2. The molecule has 0 radical (unpaired) electrons. The van der Waals surface area contributed by atoms with Crippen molar-refractivity contribution in [3.05, 3.63) is 200 Å². The summed E-state index contributed by atoms with van der Waals surface area (Å²) in [5.74, 6) is 0.998. The maximum atomic E-state index is 6.09. The molecule has 0 aliphatic carbocycles. The monoisotopic (exact) mass is 691 g/mol. The van der Waals surface area contributed by atoms with E-state index in [0.29, 0.717) is 11.8 Å². The molecule has 0 saturated carbocycles. The van der Waals surface area contributed by atoms with E-state index in [2.05, 4.69) is 185 Å². The Morgan fingerprint density at radius 2 is 0.667 bits per heavy atom. The van der Waals surface area contributed by atoms with Crippen molar-refractivity contribution in [3.63, 3.8) is 0 Å². The molecule has 0 aliphatic heterocycles. The number of nitrogens with zero attached hydrogens (tertiary/aromatic N) is 3. The van der Waals surface area contributed by atoms with Gasteiger partial charge in [0.1, 0.15) is 0 Å². The number of fused-ring (bicyclic) bond motifs is 3. The molecule has 0 N–H and O–H groups in total. The van der Waals surface area contributed by atoms with Crippen LogP contribution < -0.4 is 0 Å². The van der Waals surface area contributed by atoms with Crippen LogP contribution in [-0.4, -0.2) is 14.8 Å². The van der Waals surface area contributed by atoms with E-state index in [1.165, 1.54) is 55.3 Å². The number of benzene rings is 8. The first-order chi connectivity index (χ1) is 26.8. The minimum absolute atomic E-state index is 0.492. The van der Waals surface area contributed by atoms with Crippen molar-refractivity contribution >= 4 is 21.8 Å². The van der Waals surface area contributed by atoms with Crippen molar-refractivity contribution in [2.24, 2.45) is 0 Å². The highest BCUT2D eigenvalue weighted by molar-refractivity contribution is 6.12. The molecule has 2 aromatic heterocycles. The van der Waals surface area contributed by atoms with Crippen LogP contribution in [0.25, 0.3) is 94.9 Å². The van der Waals surface area contributed by atoms with Crippen molar-refractivity contribution < 1.29 is 4.42 Å². The van der Waals surface area contributed by atoms with E-state index in [-0.39, 0.29) is 0 Å². The molecule has 54 heavy (non-hydrogen) atoms. The Morgan fingerprint density at radius 3 is 1.11 bits per heavy atom. The molecule has 0 fully saturated rings. The molecule has 8 aromatic carbocycles. The molecule has 0 spiro atoms. The SMILES string of the molecule is c1ccc(-c2nnc(-c3ccc(-n4c5ccc(-c6ccccc6-c6ccccc6)cc5c5cc(-c6ccccc6-c6ccccc6)ccc54)cc3)o2)cc1. The topological polar surface area (TPSA) is 43.9 Å². The molecule has 254 valence electrons. The largest absolute Gasteiger partial charge is 0.416 e. The standard InChI is InChI=1S/C50H33N3O/c1-4-14-34(15-5-1)41-20-10-12-22-43(41)38-26-30-47-45(32-38)46-33-39(44-23-13-11-21-42(44)35-16-6-2-7-17-35)27-31-48(46)53(47)40-28-24-37(25-29-40)50-52-51-49(54-50)36-18-8-3-9-19-36/h1-33H. The van der Waals surface area contributed by atoms with E-state index in [4.69, 9.17) is 4.42 Å². The maximum absolute atomic E-state index is 6.09. The first-order valence-corrected chi connectivity index (χ1v) is 18.2. The van der Waals surface area contributed by atoms with E-state index in [1.807, 2.05) is 30.3 Å². The van der Waals surface area contributed by atoms with E-state index in [9.17, 15) is 0 Å². The summed E-state index contributed by atoms with van der Waals surface area (Å²) < 4.78 is 8.45. The van der Waals surface area contributed by atoms with Crippen LogP contribution >= 0.6 is 0 Å². The highest BCUT2D eigenvalue weighted by Crippen LogP contribution is 2.41. The van der Waals surface area contributed by atoms with Crippen molar-refractivity contribution in [1.82, 2.24) is 14.8 Å². The van der Waals surface area contributed by atoms with Gasteiger partial charge >= 0.3 is 0 Å². The van der Waals surface area contributed by atoms with Gasteiger partial charge in [-0.2, -0.15) is 0 Å².